The highest BCUT2D eigenvalue weighted by molar-refractivity contribution is 5.77. The Bertz CT molecular complexity index is 1110. The van der Waals surface area contributed by atoms with Gasteiger partial charge in [0.2, 0.25) is 5.91 Å². The van der Waals surface area contributed by atoms with Crippen LogP contribution in [0.25, 0.3) is 0 Å². The first-order valence-corrected chi connectivity index (χ1v) is 28.4. The van der Waals surface area contributed by atoms with Crippen molar-refractivity contribution in [3.8, 4) is 0 Å². The Labute approximate surface area is 404 Å². The molecule has 380 valence electrons. The van der Waals surface area contributed by atoms with Crippen molar-refractivity contribution in [2.24, 2.45) is 0 Å². The van der Waals surface area contributed by atoms with E-state index in [1.165, 1.54) is 167 Å². The van der Waals surface area contributed by atoms with Gasteiger partial charge in [0.05, 0.1) is 25.2 Å². The van der Waals surface area contributed by atoms with Gasteiger partial charge in [0.1, 0.15) is 6.10 Å². The summed E-state index contributed by atoms with van der Waals surface area (Å²) in [5.41, 5.74) is 0. The van der Waals surface area contributed by atoms with Gasteiger partial charge in [-0.1, -0.05) is 256 Å². The zero-order valence-corrected chi connectivity index (χ0v) is 43.4. The Morgan fingerprint density at radius 1 is 0.446 bits per heavy atom. The summed E-state index contributed by atoms with van der Waals surface area (Å²) in [5, 5.41) is 23.8. The summed E-state index contributed by atoms with van der Waals surface area (Å²) >= 11 is 0. The fourth-order valence-electron chi connectivity index (χ4n) is 8.59. The quantitative estimate of drug-likeness (QED) is 0.0321. The van der Waals surface area contributed by atoms with Crippen LogP contribution in [0.5, 0.6) is 0 Å². The number of unbranched alkanes of at least 4 members (excludes halogenated alkanes) is 31. The average molecular weight is 913 g/mol. The molecule has 0 aliphatic heterocycles. The van der Waals surface area contributed by atoms with E-state index in [9.17, 15) is 19.8 Å². The minimum atomic E-state index is -0.792. The Balaban J connectivity index is 4.60. The first kappa shape index (κ1) is 62.8. The molecule has 6 heteroatoms. The predicted octanol–water partition coefficient (Wildman–Crippen LogP) is 17.4. The third-order valence-electron chi connectivity index (χ3n) is 12.9. The number of nitrogens with one attached hydrogen (secondary N) is 1. The molecule has 3 N–H and O–H groups in total. The lowest BCUT2D eigenvalue weighted by Gasteiger charge is -2.24. The zero-order valence-electron chi connectivity index (χ0n) is 43.4. The summed E-state index contributed by atoms with van der Waals surface area (Å²) in [6.45, 7) is 6.47. The van der Waals surface area contributed by atoms with Gasteiger partial charge in [0.15, 0.2) is 0 Å². The fraction of sp³-hybridized carbons (Fsp3) is 0.831. The molecular formula is C59H109NO5. The maximum Gasteiger partial charge on any atom is 0.306 e. The topological polar surface area (TPSA) is 95.9 Å². The maximum absolute atomic E-state index is 13.2. The van der Waals surface area contributed by atoms with E-state index in [1.807, 2.05) is 0 Å². The van der Waals surface area contributed by atoms with Crippen molar-refractivity contribution in [1.29, 1.82) is 0 Å². The van der Waals surface area contributed by atoms with Gasteiger partial charge in [0, 0.05) is 6.42 Å². The molecule has 0 heterocycles. The number of hydrogen-bond acceptors (Lipinski definition) is 5. The van der Waals surface area contributed by atoms with Crippen LogP contribution in [0.15, 0.2) is 48.6 Å². The summed E-state index contributed by atoms with van der Waals surface area (Å²) < 4.78 is 5.95. The number of hydrogen-bond donors (Lipinski definition) is 3. The molecule has 0 fully saturated rings. The van der Waals surface area contributed by atoms with Gasteiger partial charge in [-0.2, -0.15) is 0 Å². The van der Waals surface area contributed by atoms with Crippen LogP contribution in [-0.4, -0.2) is 46.9 Å². The lowest BCUT2D eigenvalue weighted by molar-refractivity contribution is -0.151. The van der Waals surface area contributed by atoms with Crippen LogP contribution in [0.3, 0.4) is 0 Å². The highest BCUT2D eigenvalue weighted by Crippen LogP contribution is 2.18. The Hall–Kier alpha value is -2.18. The van der Waals surface area contributed by atoms with Gasteiger partial charge in [-0.25, -0.2) is 0 Å². The number of aliphatic hydroxyl groups is 2. The van der Waals surface area contributed by atoms with Crippen LogP contribution >= 0.6 is 0 Å². The molecule has 0 aromatic carbocycles. The van der Waals surface area contributed by atoms with Crippen LogP contribution in [0.2, 0.25) is 0 Å². The highest BCUT2D eigenvalue weighted by Gasteiger charge is 2.24. The molecule has 0 aromatic heterocycles. The third-order valence-corrected chi connectivity index (χ3v) is 12.9. The lowest BCUT2D eigenvalue weighted by Crippen LogP contribution is -2.46. The first-order chi connectivity index (χ1) is 32.0. The number of esters is 1. The van der Waals surface area contributed by atoms with E-state index in [-0.39, 0.29) is 24.9 Å². The Morgan fingerprint density at radius 2 is 0.785 bits per heavy atom. The van der Waals surface area contributed by atoms with Crippen LogP contribution in [-0.2, 0) is 14.3 Å². The van der Waals surface area contributed by atoms with Crippen molar-refractivity contribution in [3.63, 3.8) is 0 Å². The molecule has 0 radical (unpaired) electrons. The number of carbonyl (C=O) groups excluding carboxylic acids is 2. The van der Waals surface area contributed by atoms with Gasteiger partial charge in [0.25, 0.3) is 0 Å². The van der Waals surface area contributed by atoms with E-state index in [0.29, 0.717) is 19.3 Å². The molecule has 3 unspecified atom stereocenters. The molecule has 0 spiro atoms. The smallest absolute Gasteiger partial charge is 0.306 e. The Morgan fingerprint density at radius 3 is 1.20 bits per heavy atom. The second-order valence-electron chi connectivity index (χ2n) is 19.3. The molecule has 0 aliphatic carbocycles. The molecular weight excluding hydrogens is 803 g/mol. The molecule has 0 rings (SSSR count). The second-order valence-corrected chi connectivity index (χ2v) is 19.3. The van der Waals surface area contributed by atoms with E-state index in [4.69, 9.17) is 4.74 Å². The van der Waals surface area contributed by atoms with Crippen molar-refractivity contribution in [2.45, 2.75) is 309 Å². The minimum absolute atomic E-state index is 0.0677. The van der Waals surface area contributed by atoms with E-state index in [0.717, 1.165) is 77.0 Å². The number of aliphatic hydroxyl groups excluding tert-OH is 2. The van der Waals surface area contributed by atoms with Crippen LogP contribution < -0.4 is 5.32 Å². The van der Waals surface area contributed by atoms with Crippen LogP contribution in [0.4, 0.5) is 0 Å². The number of ether oxygens (including phenoxy) is 1. The SMILES string of the molecule is CCCCC/C=C\C/C=C\C/C=C\C/C=C\CCCCCC(=O)OC(CCCCCCCCCCCCCCCCCC)CC(=O)NC(CO)C(O)CCCCCCCCCCCCC. The minimum Gasteiger partial charge on any atom is -0.462 e. The van der Waals surface area contributed by atoms with Crippen molar-refractivity contribution < 1.29 is 24.5 Å². The van der Waals surface area contributed by atoms with E-state index < -0.39 is 18.2 Å². The molecule has 3 atom stereocenters. The number of rotatable bonds is 51. The van der Waals surface area contributed by atoms with Gasteiger partial charge in [-0.05, 0) is 70.6 Å². The second kappa shape index (κ2) is 52.8. The monoisotopic (exact) mass is 912 g/mol. The van der Waals surface area contributed by atoms with Gasteiger partial charge in [-0.15, -0.1) is 0 Å². The summed E-state index contributed by atoms with van der Waals surface area (Å²) in [4.78, 5) is 26.2. The van der Waals surface area contributed by atoms with E-state index in [2.05, 4.69) is 74.7 Å². The van der Waals surface area contributed by atoms with Crippen molar-refractivity contribution >= 4 is 11.9 Å². The number of allylic oxidation sites excluding steroid dienone is 8. The first-order valence-electron chi connectivity index (χ1n) is 28.4. The fourth-order valence-corrected chi connectivity index (χ4v) is 8.59. The molecule has 0 saturated heterocycles. The molecule has 0 aliphatic rings. The van der Waals surface area contributed by atoms with Crippen molar-refractivity contribution in [2.75, 3.05) is 6.61 Å². The molecule has 0 bridgehead atoms. The van der Waals surface area contributed by atoms with Crippen LogP contribution in [0.1, 0.15) is 290 Å². The normalized spacial score (nSPS) is 13.5. The standard InChI is InChI=1S/C59H109NO5/c1-4-7-10-13-16-19-22-24-26-28-29-30-32-34-37-40-43-46-49-52-59(64)65-55(50-47-44-41-38-36-33-31-27-25-23-20-17-14-11-8-5-2)53-58(63)60-56(54-61)57(62)51-48-45-42-39-35-21-18-15-12-9-6-3/h16,19,24,26,29-30,34,37,55-57,61-62H,4-15,17-18,20-23,25,27-28,31-33,35-36,38-54H2,1-3H3,(H,60,63)/b19-16-,26-24-,30-29-,37-34-. The molecule has 1 amide bonds. The van der Waals surface area contributed by atoms with Crippen LogP contribution in [0, 0.1) is 0 Å². The third kappa shape index (κ3) is 48.1. The highest BCUT2D eigenvalue weighted by atomic mass is 16.5. The van der Waals surface area contributed by atoms with E-state index in [1.54, 1.807) is 0 Å². The lowest BCUT2D eigenvalue weighted by atomic mass is 10.0. The van der Waals surface area contributed by atoms with Crippen molar-refractivity contribution in [1.82, 2.24) is 5.32 Å². The molecule has 0 aromatic rings. The summed E-state index contributed by atoms with van der Waals surface area (Å²) in [6, 6.07) is -0.706. The summed E-state index contributed by atoms with van der Waals surface area (Å²) in [6.07, 6.45) is 64.6. The van der Waals surface area contributed by atoms with Gasteiger partial charge in [-0.3, -0.25) is 9.59 Å². The van der Waals surface area contributed by atoms with Gasteiger partial charge < -0.3 is 20.3 Å². The Kier molecular flexibility index (Phi) is 51.0. The molecule has 0 saturated carbocycles. The predicted molar refractivity (Wildman–Crippen MR) is 282 cm³/mol. The van der Waals surface area contributed by atoms with Crippen molar-refractivity contribution in [3.05, 3.63) is 48.6 Å². The largest absolute Gasteiger partial charge is 0.462 e. The summed E-state index contributed by atoms with van der Waals surface area (Å²) in [5.74, 6) is -0.498. The average Bonchev–Trinajstić information content (AvgIpc) is 3.30. The van der Waals surface area contributed by atoms with Gasteiger partial charge >= 0.3 is 5.97 Å². The van der Waals surface area contributed by atoms with E-state index >= 15 is 0 Å². The molecule has 6 nitrogen and oxygen atoms in total. The zero-order chi connectivity index (χ0) is 47.4. The molecule has 65 heavy (non-hydrogen) atoms. The number of carbonyl (C=O) groups is 2. The summed E-state index contributed by atoms with van der Waals surface area (Å²) in [7, 11) is 0. The maximum atomic E-state index is 13.2. The number of amides is 1.